The maximum Gasteiger partial charge on any atom is 0.119 e. The van der Waals surface area contributed by atoms with Gasteiger partial charge in [-0.25, -0.2) is 0 Å². The van der Waals surface area contributed by atoms with Crippen LogP contribution in [0.5, 0.6) is 5.75 Å². The molecule has 1 fully saturated rings. The van der Waals surface area contributed by atoms with E-state index in [4.69, 9.17) is 16.3 Å². The van der Waals surface area contributed by atoms with E-state index in [1.807, 2.05) is 24.3 Å². The second kappa shape index (κ2) is 8.59. The summed E-state index contributed by atoms with van der Waals surface area (Å²) in [4.78, 5) is 4.80. The molecule has 0 aromatic heterocycles. The number of nitrogens with zero attached hydrogens (tertiary/aromatic N) is 2. The average Bonchev–Trinajstić information content (AvgIpc) is 2.52. The monoisotopic (exact) mass is 312 g/mol. The van der Waals surface area contributed by atoms with Crippen molar-refractivity contribution in [2.24, 2.45) is 0 Å². The molecule has 1 atom stereocenters. The van der Waals surface area contributed by atoms with Gasteiger partial charge in [-0.1, -0.05) is 18.5 Å². The van der Waals surface area contributed by atoms with Gasteiger partial charge in [0.05, 0.1) is 6.61 Å². The van der Waals surface area contributed by atoms with Crippen molar-refractivity contribution in [1.82, 2.24) is 9.80 Å². The van der Waals surface area contributed by atoms with Crippen LogP contribution >= 0.6 is 11.6 Å². The van der Waals surface area contributed by atoms with Gasteiger partial charge in [0.15, 0.2) is 0 Å². The summed E-state index contributed by atoms with van der Waals surface area (Å²) in [5.41, 5.74) is 0. The van der Waals surface area contributed by atoms with Gasteiger partial charge in [-0.3, -0.25) is 9.80 Å². The van der Waals surface area contributed by atoms with E-state index in [9.17, 15) is 5.11 Å². The summed E-state index contributed by atoms with van der Waals surface area (Å²) in [6, 6.07) is 7.79. The number of ether oxygens (including phenoxy) is 1. The third-order valence-electron chi connectivity index (χ3n) is 4.10. The molecule has 1 heterocycles. The summed E-state index contributed by atoms with van der Waals surface area (Å²) in [5, 5.41) is 10.1. The van der Waals surface area contributed by atoms with E-state index in [1.165, 1.54) is 0 Å². The number of hydrogen-bond acceptors (Lipinski definition) is 4. The minimum absolute atomic E-state index is 0.260. The summed E-state index contributed by atoms with van der Waals surface area (Å²) >= 11 is 5.84. The van der Waals surface area contributed by atoms with E-state index in [-0.39, 0.29) is 6.61 Å². The first-order valence-electron chi connectivity index (χ1n) is 7.68. The lowest BCUT2D eigenvalue weighted by Gasteiger charge is -2.38. The molecule has 0 amide bonds. The molecule has 0 aliphatic carbocycles. The van der Waals surface area contributed by atoms with Crippen molar-refractivity contribution in [3.63, 3.8) is 0 Å². The van der Waals surface area contributed by atoms with Crippen molar-refractivity contribution >= 4 is 11.6 Å². The number of piperazine rings is 1. The van der Waals surface area contributed by atoms with Crippen molar-refractivity contribution in [3.05, 3.63) is 29.3 Å². The zero-order chi connectivity index (χ0) is 15.1. The van der Waals surface area contributed by atoms with Crippen LogP contribution in [-0.4, -0.2) is 66.9 Å². The van der Waals surface area contributed by atoms with Crippen LogP contribution in [0.15, 0.2) is 24.3 Å². The molecule has 1 saturated heterocycles. The molecular formula is C16H25ClN2O2. The summed E-state index contributed by atoms with van der Waals surface area (Å²) in [6.07, 6.45) is 1.01. The standard InChI is InChI=1S/C16H25ClN2O2/c1-2-15(13-20)19-9-7-18(8-10-19)11-12-21-16-5-3-14(17)4-6-16/h3-6,15,20H,2,7-13H2,1H3. The van der Waals surface area contributed by atoms with Gasteiger partial charge in [-0.2, -0.15) is 0 Å². The van der Waals surface area contributed by atoms with Crippen molar-refractivity contribution < 1.29 is 9.84 Å². The Labute approximate surface area is 132 Å². The highest BCUT2D eigenvalue weighted by molar-refractivity contribution is 6.30. The summed E-state index contributed by atoms with van der Waals surface area (Å²) in [5.74, 6) is 0.865. The molecule has 0 radical (unpaired) electrons. The molecule has 0 spiro atoms. The fourth-order valence-corrected chi connectivity index (χ4v) is 2.80. The molecule has 1 aromatic rings. The average molecular weight is 313 g/mol. The molecule has 1 unspecified atom stereocenters. The van der Waals surface area contributed by atoms with Crippen LogP contribution < -0.4 is 4.74 Å². The highest BCUT2D eigenvalue weighted by Crippen LogP contribution is 2.15. The molecule has 0 saturated carbocycles. The molecule has 0 bridgehead atoms. The van der Waals surface area contributed by atoms with Crippen LogP contribution in [0.25, 0.3) is 0 Å². The smallest absolute Gasteiger partial charge is 0.119 e. The molecule has 2 rings (SSSR count). The van der Waals surface area contributed by atoms with Gasteiger partial charge >= 0.3 is 0 Å². The zero-order valence-electron chi connectivity index (χ0n) is 12.7. The van der Waals surface area contributed by atoms with Gasteiger partial charge in [0.1, 0.15) is 12.4 Å². The van der Waals surface area contributed by atoms with Gasteiger partial charge in [-0.15, -0.1) is 0 Å². The minimum Gasteiger partial charge on any atom is -0.492 e. The quantitative estimate of drug-likeness (QED) is 0.836. The number of aliphatic hydroxyl groups excluding tert-OH is 1. The third-order valence-corrected chi connectivity index (χ3v) is 4.35. The van der Waals surface area contributed by atoms with Crippen molar-refractivity contribution in [2.45, 2.75) is 19.4 Å². The highest BCUT2D eigenvalue weighted by Gasteiger charge is 2.21. The first-order valence-corrected chi connectivity index (χ1v) is 8.06. The SMILES string of the molecule is CCC(CO)N1CCN(CCOc2ccc(Cl)cc2)CC1. The molecule has 1 N–H and O–H groups in total. The van der Waals surface area contributed by atoms with Gasteiger partial charge < -0.3 is 9.84 Å². The van der Waals surface area contributed by atoms with E-state index in [0.29, 0.717) is 12.6 Å². The van der Waals surface area contributed by atoms with Crippen LogP contribution in [0.2, 0.25) is 5.02 Å². The Morgan fingerprint density at radius 2 is 1.86 bits per heavy atom. The second-order valence-corrected chi connectivity index (χ2v) is 5.86. The van der Waals surface area contributed by atoms with Crippen LogP contribution in [0.4, 0.5) is 0 Å². The normalized spacial score (nSPS) is 18.6. The lowest BCUT2D eigenvalue weighted by atomic mass is 10.1. The van der Waals surface area contributed by atoms with Crippen LogP contribution in [0.3, 0.4) is 0 Å². The molecule has 118 valence electrons. The van der Waals surface area contributed by atoms with Crippen molar-refractivity contribution in [2.75, 3.05) is 45.9 Å². The maximum atomic E-state index is 9.35. The van der Waals surface area contributed by atoms with Crippen LogP contribution in [0, 0.1) is 0 Å². The topological polar surface area (TPSA) is 35.9 Å². The lowest BCUT2D eigenvalue weighted by molar-refractivity contribution is 0.0584. The lowest BCUT2D eigenvalue weighted by Crippen LogP contribution is -2.51. The predicted molar refractivity (Wildman–Crippen MR) is 86.1 cm³/mol. The Bertz CT molecular complexity index is 401. The third kappa shape index (κ3) is 5.15. The number of halogens is 1. The van der Waals surface area contributed by atoms with E-state index in [0.717, 1.165) is 49.9 Å². The minimum atomic E-state index is 0.260. The van der Waals surface area contributed by atoms with Gasteiger partial charge in [0.25, 0.3) is 0 Å². The van der Waals surface area contributed by atoms with Crippen molar-refractivity contribution in [3.8, 4) is 5.75 Å². The molecular weight excluding hydrogens is 288 g/mol. The first-order chi connectivity index (χ1) is 10.2. The fraction of sp³-hybridized carbons (Fsp3) is 0.625. The molecule has 5 heteroatoms. The largest absolute Gasteiger partial charge is 0.492 e. The molecule has 1 aliphatic rings. The Balaban J connectivity index is 1.66. The fourth-order valence-electron chi connectivity index (χ4n) is 2.68. The number of benzene rings is 1. The van der Waals surface area contributed by atoms with Crippen molar-refractivity contribution in [1.29, 1.82) is 0 Å². The second-order valence-electron chi connectivity index (χ2n) is 5.42. The summed E-state index contributed by atoms with van der Waals surface area (Å²) in [6.45, 7) is 8.16. The zero-order valence-corrected chi connectivity index (χ0v) is 13.4. The Morgan fingerprint density at radius 1 is 1.19 bits per heavy atom. The molecule has 4 nitrogen and oxygen atoms in total. The first kappa shape index (κ1) is 16.6. The van der Waals surface area contributed by atoms with Crippen LogP contribution in [0.1, 0.15) is 13.3 Å². The summed E-state index contributed by atoms with van der Waals surface area (Å²) < 4.78 is 5.73. The van der Waals surface area contributed by atoms with E-state index >= 15 is 0 Å². The summed E-state index contributed by atoms with van der Waals surface area (Å²) in [7, 11) is 0. The Morgan fingerprint density at radius 3 is 2.43 bits per heavy atom. The molecule has 1 aromatic carbocycles. The van der Waals surface area contributed by atoms with E-state index in [2.05, 4.69) is 16.7 Å². The highest BCUT2D eigenvalue weighted by atomic mass is 35.5. The molecule has 1 aliphatic heterocycles. The van der Waals surface area contributed by atoms with Gasteiger partial charge in [0, 0.05) is 43.8 Å². The predicted octanol–water partition coefficient (Wildman–Crippen LogP) is 2.11. The molecule has 21 heavy (non-hydrogen) atoms. The van der Waals surface area contributed by atoms with E-state index in [1.54, 1.807) is 0 Å². The Hall–Kier alpha value is -0.810. The van der Waals surface area contributed by atoms with Gasteiger partial charge in [-0.05, 0) is 30.7 Å². The Kier molecular flexibility index (Phi) is 6.77. The number of hydrogen-bond donors (Lipinski definition) is 1. The van der Waals surface area contributed by atoms with Crippen LogP contribution in [-0.2, 0) is 0 Å². The van der Waals surface area contributed by atoms with Gasteiger partial charge in [0.2, 0.25) is 0 Å². The number of rotatable bonds is 7. The number of aliphatic hydroxyl groups is 1. The maximum absolute atomic E-state index is 9.35. The van der Waals surface area contributed by atoms with E-state index < -0.39 is 0 Å².